The van der Waals surface area contributed by atoms with Gasteiger partial charge in [0, 0.05) is 0 Å². The molecule has 0 bridgehead atoms. The first-order valence-electron chi connectivity index (χ1n) is 6.87. The minimum Gasteiger partial charge on any atom is -0.489 e. The van der Waals surface area contributed by atoms with Crippen LogP contribution in [0.2, 0.25) is 0 Å². The summed E-state index contributed by atoms with van der Waals surface area (Å²) in [6.07, 6.45) is 0. The van der Waals surface area contributed by atoms with Crippen molar-refractivity contribution < 1.29 is 14.7 Å². The van der Waals surface area contributed by atoms with Crippen molar-refractivity contribution in [2.45, 2.75) is 19.6 Å². The topological polar surface area (TPSA) is 87.8 Å². The van der Waals surface area contributed by atoms with Gasteiger partial charge in [0.15, 0.2) is 0 Å². The van der Waals surface area contributed by atoms with E-state index in [1.165, 1.54) is 0 Å². The number of amides is 2. The second kappa shape index (κ2) is 7.44. The van der Waals surface area contributed by atoms with Gasteiger partial charge in [-0.15, -0.1) is 0 Å². The zero-order valence-corrected chi connectivity index (χ0v) is 12.3. The molecule has 22 heavy (non-hydrogen) atoms. The van der Waals surface area contributed by atoms with E-state index in [1.807, 2.05) is 35.8 Å². The number of carbonyl (C=O) groups excluding carboxylic acids is 1. The number of hydrogen-bond donors (Lipinski definition) is 3. The molecule has 0 heterocycles. The minimum atomic E-state index is -0.767. The Labute approximate surface area is 129 Å². The van der Waals surface area contributed by atoms with E-state index in [0.717, 1.165) is 11.1 Å². The fourth-order valence-corrected chi connectivity index (χ4v) is 1.97. The van der Waals surface area contributed by atoms with Crippen molar-refractivity contribution in [2.24, 2.45) is 5.84 Å². The minimum absolute atomic E-state index is 0.484. The number of ether oxygens (including phenoxy) is 1. The molecule has 0 saturated carbocycles. The van der Waals surface area contributed by atoms with Crippen LogP contribution in [0, 0.1) is 0 Å². The van der Waals surface area contributed by atoms with Crippen LogP contribution in [-0.4, -0.2) is 16.3 Å². The van der Waals surface area contributed by atoms with Gasteiger partial charge >= 0.3 is 6.03 Å². The lowest BCUT2D eigenvalue weighted by Crippen LogP contribution is -2.42. The van der Waals surface area contributed by atoms with Gasteiger partial charge in [-0.05, 0) is 30.2 Å². The number of nitrogens with zero attached hydrogens (tertiary/aromatic N) is 1. The van der Waals surface area contributed by atoms with Crippen LogP contribution < -0.4 is 16.0 Å². The van der Waals surface area contributed by atoms with Gasteiger partial charge in [0.2, 0.25) is 0 Å². The molecule has 2 amide bonds. The first-order chi connectivity index (χ1) is 10.6. The van der Waals surface area contributed by atoms with Crippen LogP contribution in [0.15, 0.2) is 54.6 Å². The summed E-state index contributed by atoms with van der Waals surface area (Å²) in [5, 5.41) is 10.2. The van der Waals surface area contributed by atoms with Crippen LogP contribution in [0.1, 0.15) is 24.1 Å². The molecule has 0 aliphatic carbocycles. The van der Waals surface area contributed by atoms with E-state index in [2.05, 4.69) is 0 Å². The van der Waals surface area contributed by atoms with E-state index in [9.17, 15) is 10.0 Å². The summed E-state index contributed by atoms with van der Waals surface area (Å²) in [5.74, 6) is 5.70. The highest BCUT2D eigenvalue weighted by molar-refractivity contribution is 5.72. The zero-order valence-electron chi connectivity index (χ0n) is 12.3. The van der Waals surface area contributed by atoms with Crippen LogP contribution >= 0.6 is 0 Å². The average Bonchev–Trinajstić information content (AvgIpc) is 2.59. The lowest BCUT2D eigenvalue weighted by atomic mass is 10.1. The van der Waals surface area contributed by atoms with Crippen molar-refractivity contribution >= 4 is 6.03 Å². The number of nitrogens with one attached hydrogen (secondary N) is 1. The fraction of sp³-hybridized carbons (Fsp3) is 0.188. The first kappa shape index (κ1) is 15.8. The smallest absolute Gasteiger partial charge is 0.355 e. The van der Waals surface area contributed by atoms with Crippen molar-refractivity contribution in [3.63, 3.8) is 0 Å². The Morgan fingerprint density at radius 3 is 2.45 bits per heavy atom. The summed E-state index contributed by atoms with van der Waals surface area (Å²) >= 11 is 0. The van der Waals surface area contributed by atoms with Crippen molar-refractivity contribution in [1.29, 1.82) is 0 Å². The van der Waals surface area contributed by atoms with Gasteiger partial charge in [0.25, 0.3) is 0 Å². The third-order valence-corrected chi connectivity index (χ3v) is 3.31. The molecule has 4 N–H and O–H groups in total. The molecule has 0 saturated heterocycles. The molecule has 0 aromatic heterocycles. The second-order valence-electron chi connectivity index (χ2n) is 4.81. The number of benzene rings is 2. The molecular weight excluding hydrogens is 282 g/mol. The van der Waals surface area contributed by atoms with Gasteiger partial charge < -0.3 is 4.74 Å². The highest BCUT2D eigenvalue weighted by Crippen LogP contribution is 2.22. The molecule has 6 heteroatoms. The van der Waals surface area contributed by atoms with Crippen molar-refractivity contribution in [3.05, 3.63) is 65.7 Å². The number of carbonyl (C=O) groups is 1. The van der Waals surface area contributed by atoms with E-state index < -0.39 is 12.1 Å². The van der Waals surface area contributed by atoms with Crippen LogP contribution in [0.3, 0.4) is 0 Å². The summed E-state index contributed by atoms with van der Waals surface area (Å²) in [5.41, 5.74) is 3.72. The highest BCUT2D eigenvalue weighted by Gasteiger charge is 2.18. The zero-order chi connectivity index (χ0) is 15.9. The van der Waals surface area contributed by atoms with E-state index in [0.29, 0.717) is 17.4 Å². The van der Waals surface area contributed by atoms with Crippen LogP contribution in [0.4, 0.5) is 4.79 Å². The molecule has 1 atom stereocenters. The lowest BCUT2D eigenvalue weighted by molar-refractivity contribution is -0.0744. The van der Waals surface area contributed by atoms with Crippen molar-refractivity contribution in [1.82, 2.24) is 10.5 Å². The van der Waals surface area contributed by atoms with Gasteiger partial charge in [-0.2, -0.15) is 5.06 Å². The maximum atomic E-state index is 11.3. The molecule has 0 aliphatic heterocycles. The first-order valence-corrected chi connectivity index (χ1v) is 6.87. The molecule has 0 radical (unpaired) electrons. The maximum absolute atomic E-state index is 11.3. The lowest BCUT2D eigenvalue weighted by Gasteiger charge is -2.22. The normalized spacial score (nSPS) is 11.6. The van der Waals surface area contributed by atoms with E-state index in [-0.39, 0.29) is 0 Å². The Hall–Kier alpha value is -2.57. The third kappa shape index (κ3) is 3.97. The fourth-order valence-electron chi connectivity index (χ4n) is 1.97. The van der Waals surface area contributed by atoms with E-state index in [1.54, 1.807) is 31.2 Å². The number of hydrogen-bond acceptors (Lipinski definition) is 4. The Morgan fingerprint density at radius 1 is 1.23 bits per heavy atom. The maximum Gasteiger partial charge on any atom is 0.355 e. The second-order valence-corrected chi connectivity index (χ2v) is 4.81. The molecule has 0 fully saturated rings. The molecular formula is C16H19N3O3. The third-order valence-electron chi connectivity index (χ3n) is 3.31. The number of rotatable bonds is 5. The van der Waals surface area contributed by atoms with Gasteiger partial charge in [0.05, 0.1) is 6.04 Å². The van der Waals surface area contributed by atoms with Crippen molar-refractivity contribution in [3.8, 4) is 5.75 Å². The number of nitrogens with two attached hydrogens (primary N) is 1. The summed E-state index contributed by atoms with van der Waals surface area (Å²) in [4.78, 5) is 11.3. The molecule has 2 rings (SSSR count). The van der Waals surface area contributed by atoms with E-state index in [4.69, 9.17) is 10.6 Å². The summed E-state index contributed by atoms with van der Waals surface area (Å²) in [6.45, 7) is 2.17. The Bertz CT molecular complexity index is 602. The predicted molar refractivity (Wildman–Crippen MR) is 82.0 cm³/mol. The molecule has 6 nitrogen and oxygen atoms in total. The Morgan fingerprint density at radius 2 is 1.86 bits per heavy atom. The summed E-state index contributed by atoms with van der Waals surface area (Å²) < 4.78 is 5.68. The average molecular weight is 301 g/mol. The van der Waals surface area contributed by atoms with Crippen molar-refractivity contribution in [2.75, 3.05) is 0 Å². The number of hydrazine groups is 1. The van der Waals surface area contributed by atoms with Gasteiger partial charge in [-0.3, -0.25) is 10.6 Å². The Balaban J connectivity index is 1.96. The molecule has 2 aromatic carbocycles. The molecule has 0 aliphatic rings. The largest absolute Gasteiger partial charge is 0.489 e. The number of urea groups is 1. The predicted octanol–water partition coefficient (Wildman–Crippen LogP) is 2.60. The van der Waals surface area contributed by atoms with E-state index >= 15 is 0 Å². The molecule has 116 valence electrons. The summed E-state index contributed by atoms with van der Waals surface area (Å²) in [7, 11) is 0. The van der Waals surface area contributed by atoms with Crippen LogP contribution in [0.25, 0.3) is 0 Å². The monoisotopic (exact) mass is 301 g/mol. The highest BCUT2D eigenvalue weighted by atomic mass is 16.5. The van der Waals surface area contributed by atoms with Gasteiger partial charge in [-0.1, -0.05) is 42.5 Å². The quantitative estimate of drug-likeness (QED) is 0.343. The van der Waals surface area contributed by atoms with Gasteiger partial charge in [-0.25, -0.2) is 10.6 Å². The SMILES string of the molecule is CC(c1ccc(OCc2ccccc2)cc1)N(O)C(=O)NN. The molecule has 1 unspecified atom stereocenters. The molecule has 0 spiro atoms. The molecule has 2 aromatic rings. The Kier molecular flexibility index (Phi) is 5.35. The van der Waals surface area contributed by atoms with Crippen LogP contribution in [-0.2, 0) is 6.61 Å². The van der Waals surface area contributed by atoms with Gasteiger partial charge in [0.1, 0.15) is 12.4 Å². The summed E-state index contributed by atoms with van der Waals surface area (Å²) in [6, 6.07) is 15.7. The number of hydroxylamine groups is 2. The standard InChI is InChI=1S/C16H19N3O3/c1-12(19(21)16(20)18-17)14-7-9-15(10-8-14)22-11-13-5-3-2-4-6-13/h2-10,12,21H,11,17H2,1H3,(H,18,20). The van der Waals surface area contributed by atoms with Crippen LogP contribution in [0.5, 0.6) is 5.75 Å².